The lowest BCUT2D eigenvalue weighted by atomic mass is 10.1. The number of carbonyl (C=O) groups excluding carboxylic acids is 1. The van der Waals surface area contributed by atoms with E-state index in [0.717, 1.165) is 11.1 Å². The van der Waals surface area contributed by atoms with E-state index in [1.165, 1.54) is 0 Å². The lowest BCUT2D eigenvalue weighted by molar-refractivity contribution is 0.0940. The van der Waals surface area contributed by atoms with E-state index in [0.29, 0.717) is 16.8 Å². The molecule has 144 valence electrons. The fraction of sp³-hybridized carbons (Fsp3) is 0.167. The Kier molecular flexibility index (Phi) is 7.52. The highest BCUT2D eigenvalue weighted by atomic mass is 16.3. The van der Waals surface area contributed by atoms with E-state index in [1.807, 2.05) is 50.2 Å². The molecule has 4 nitrogen and oxygen atoms in total. The van der Waals surface area contributed by atoms with Crippen LogP contribution in [-0.2, 0) is 0 Å². The van der Waals surface area contributed by atoms with Gasteiger partial charge in [-0.2, -0.15) is 0 Å². The number of allylic oxidation sites excluding steroid dienone is 5. The number of amides is 1. The lowest BCUT2D eigenvalue weighted by Crippen LogP contribution is -2.26. The highest BCUT2D eigenvalue weighted by molar-refractivity contribution is 6.00. The zero-order valence-electron chi connectivity index (χ0n) is 16.5. The Morgan fingerprint density at radius 3 is 2.39 bits per heavy atom. The predicted octanol–water partition coefficient (Wildman–Crippen LogP) is 5.84. The number of hydrogen-bond donors (Lipinski definition) is 2. The van der Waals surface area contributed by atoms with Crippen molar-refractivity contribution in [1.82, 2.24) is 5.32 Å². The minimum Gasteiger partial charge on any atom is -0.512 e. The number of nitrogens with one attached hydrogen (secondary N) is 1. The van der Waals surface area contributed by atoms with Crippen LogP contribution in [0.15, 0.2) is 95.2 Å². The van der Waals surface area contributed by atoms with Gasteiger partial charge in [0.1, 0.15) is 0 Å². The highest BCUT2D eigenvalue weighted by Gasteiger charge is 2.14. The standard InChI is InChI=1S/C24H26N2O2/c1-5-11-17(2)22(19(4)27)16-25-23-15-10-9-14-21(23)24(28)26-18(3)20-12-7-6-8-13-20/h5-16,18,27H,1H2,2-4H3,(H,26,28)/b17-11+,22-19+,25-16+. The minimum atomic E-state index is -0.200. The monoisotopic (exact) mass is 374 g/mol. The van der Waals surface area contributed by atoms with Crippen LogP contribution in [0.2, 0.25) is 0 Å². The summed E-state index contributed by atoms with van der Waals surface area (Å²) in [7, 11) is 0. The molecule has 0 saturated carbocycles. The number of nitrogens with zero attached hydrogens (tertiary/aromatic N) is 1. The van der Waals surface area contributed by atoms with Gasteiger partial charge in [-0.3, -0.25) is 9.79 Å². The van der Waals surface area contributed by atoms with Crippen LogP contribution in [0.1, 0.15) is 42.7 Å². The molecular weight excluding hydrogens is 348 g/mol. The lowest BCUT2D eigenvalue weighted by Gasteiger charge is -2.15. The first-order chi connectivity index (χ1) is 13.4. The van der Waals surface area contributed by atoms with Crippen LogP contribution < -0.4 is 5.32 Å². The van der Waals surface area contributed by atoms with Gasteiger partial charge in [-0.25, -0.2) is 0 Å². The summed E-state index contributed by atoms with van der Waals surface area (Å²) in [4.78, 5) is 17.2. The number of carbonyl (C=O) groups is 1. The van der Waals surface area contributed by atoms with Gasteiger partial charge in [0.2, 0.25) is 0 Å². The quantitative estimate of drug-likeness (QED) is 0.363. The second kappa shape index (κ2) is 10.1. The third-order valence-electron chi connectivity index (χ3n) is 4.31. The fourth-order valence-electron chi connectivity index (χ4n) is 2.76. The second-order valence-electron chi connectivity index (χ2n) is 6.47. The van der Waals surface area contributed by atoms with Gasteiger partial charge in [-0.05, 0) is 44.0 Å². The fourth-order valence-corrected chi connectivity index (χ4v) is 2.76. The average molecular weight is 374 g/mol. The van der Waals surface area contributed by atoms with Crippen LogP contribution in [0.5, 0.6) is 0 Å². The van der Waals surface area contributed by atoms with E-state index < -0.39 is 0 Å². The summed E-state index contributed by atoms with van der Waals surface area (Å²) in [6.07, 6.45) is 5.01. The summed E-state index contributed by atoms with van der Waals surface area (Å²) >= 11 is 0. The molecule has 0 aliphatic carbocycles. The van der Waals surface area contributed by atoms with Gasteiger partial charge in [0, 0.05) is 11.8 Å². The van der Waals surface area contributed by atoms with Crippen LogP contribution in [-0.4, -0.2) is 17.2 Å². The van der Waals surface area contributed by atoms with Gasteiger partial charge in [-0.1, -0.05) is 61.2 Å². The number of aliphatic imine (C=N–C) groups is 1. The molecule has 1 unspecified atom stereocenters. The Morgan fingerprint density at radius 2 is 1.75 bits per heavy atom. The molecule has 2 N–H and O–H groups in total. The number of benzene rings is 2. The summed E-state index contributed by atoms with van der Waals surface area (Å²) < 4.78 is 0. The summed E-state index contributed by atoms with van der Waals surface area (Å²) in [6, 6.07) is 16.8. The van der Waals surface area contributed by atoms with Crippen LogP contribution >= 0.6 is 0 Å². The van der Waals surface area contributed by atoms with Gasteiger partial charge in [0.05, 0.1) is 23.1 Å². The number of hydrogen-bond acceptors (Lipinski definition) is 3. The van der Waals surface area contributed by atoms with Gasteiger partial charge in [0.25, 0.3) is 5.91 Å². The van der Waals surface area contributed by atoms with Crippen molar-refractivity contribution in [1.29, 1.82) is 0 Å². The molecule has 0 bridgehead atoms. The Labute approximate surface area is 166 Å². The summed E-state index contributed by atoms with van der Waals surface area (Å²) in [5.41, 5.74) is 3.46. The Bertz CT molecular complexity index is 921. The Balaban J connectivity index is 2.27. The van der Waals surface area contributed by atoms with E-state index in [1.54, 1.807) is 43.5 Å². The first-order valence-electron chi connectivity index (χ1n) is 9.12. The number of aliphatic hydroxyl groups is 1. The minimum absolute atomic E-state index is 0.126. The van der Waals surface area contributed by atoms with Gasteiger partial charge < -0.3 is 10.4 Å². The van der Waals surface area contributed by atoms with Crippen LogP contribution in [0, 0.1) is 0 Å². The van der Waals surface area contributed by atoms with Crippen molar-refractivity contribution in [2.24, 2.45) is 4.99 Å². The van der Waals surface area contributed by atoms with Crippen molar-refractivity contribution in [2.45, 2.75) is 26.8 Å². The van der Waals surface area contributed by atoms with E-state index >= 15 is 0 Å². The average Bonchev–Trinajstić information content (AvgIpc) is 2.69. The number of para-hydroxylation sites is 1. The molecule has 4 heteroatoms. The SMILES string of the molecule is C=C/C=C(C)/C(/C=N/c1ccccc1C(=O)NC(C)c1ccccc1)=C(\C)O. The Morgan fingerprint density at radius 1 is 1.11 bits per heavy atom. The largest absolute Gasteiger partial charge is 0.512 e. The second-order valence-corrected chi connectivity index (χ2v) is 6.47. The smallest absolute Gasteiger partial charge is 0.253 e. The first-order valence-corrected chi connectivity index (χ1v) is 9.12. The van der Waals surface area contributed by atoms with Crippen molar-refractivity contribution in [3.05, 3.63) is 101 Å². The normalized spacial score (nSPS) is 13.8. The van der Waals surface area contributed by atoms with E-state index in [9.17, 15) is 9.90 Å². The maximum absolute atomic E-state index is 12.8. The van der Waals surface area contributed by atoms with Crippen molar-refractivity contribution in [3.63, 3.8) is 0 Å². The molecule has 2 rings (SSSR count). The molecule has 0 saturated heterocycles. The maximum Gasteiger partial charge on any atom is 0.253 e. The molecule has 0 aromatic heterocycles. The van der Waals surface area contributed by atoms with Gasteiger partial charge in [0.15, 0.2) is 0 Å². The summed E-state index contributed by atoms with van der Waals surface area (Å²) in [5.74, 6) is -0.0484. The molecule has 1 amide bonds. The van der Waals surface area contributed by atoms with E-state index in [-0.39, 0.29) is 17.7 Å². The van der Waals surface area contributed by atoms with Crippen LogP contribution in [0.3, 0.4) is 0 Å². The molecule has 0 fully saturated rings. The Hall–Kier alpha value is -3.40. The predicted molar refractivity (Wildman–Crippen MR) is 116 cm³/mol. The molecule has 1 atom stereocenters. The van der Waals surface area contributed by atoms with Gasteiger partial charge >= 0.3 is 0 Å². The first kappa shape index (κ1) is 20.9. The van der Waals surface area contributed by atoms with Crippen molar-refractivity contribution in [3.8, 4) is 0 Å². The molecule has 0 radical (unpaired) electrons. The van der Waals surface area contributed by atoms with Crippen molar-refractivity contribution >= 4 is 17.8 Å². The molecular formula is C24H26N2O2. The molecule has 0 heterocycles. The topological polar surface area (TPSA) is 61.7 Å². The van der Waals surface area contributed by atoms with Crippen LogP contribution in [0.4, 0.5) is 5.69 Å². The van der Waals surface area contributed by atoms with E-state index in [4.69, 9.17) is 0 Å². The number of aliphatic hydroxyl groups excluding tert-OH is 1. The molecule has 0 aliphatic heterocycles. The third kappa shape index (κ3) is 5.55. The highest BCUT2D eigenvalue weighted by Crippen LogP contribution is 2.21. The zero-order chi connectivity index (χ0) is 20.5. The molecule has 0 spiro atoms. The third-order valence-corrected chi connectivity index (χ3v) is 4.31. The molecule has 28 heavy (non-hydrogen) atoms. The summed E-state index contributed by atoms with van der Waals surface area (Å²) in [6.45, 7) is 9.08. The maximum atomic E-state index is 12.8. The summed E-state index contributed by atoms with van der Waals surface area (Å²) in [5, 5.41) is 13.0. The molecule has 2 aromatic carbocycles. The molecule has 2 aromatic rings. The number of rotatable bonds is 7. The van der Waals surface area contributed by atoms with Gasteiger partial charge in [-0.15, -0.1) is 0 Å². The molecule has 0 aliphatic rings. The van der Waals surface area contributed by atoms with Crippen molar-refractivity contribution in [2.75, 3.05) is 0 Å². The van der Waals surface area contributed by atoms with Crippen LogP contribution in [0.25, 0.3) is 0 Å². The van der Waals surface area contributed by atoms with Crippen molar-refractivity contribution < 1.29 is 9.90 Å². The van der Waals surface area contributed by atoms with E-state index in [2.05, 4.69) is 16.9 Å². The zero-order valence-corrected chi connectivity index (χ0v) is 16.5.